The van der Waals surface area contributed by atoms with Crippen LogP contribution in [0, 0.1) is 0 Å². The molecule has 0 saturated carbocycles. The van der Waals surface area contributed by atoms with Crippen LogP contribution in [0.15, 0.2) is 0 Å². The minimum atomic E-state index is -4.00. The minimum Gasteiger partial charge on any atom is -0.312 e. The zero-order chi connectivity index (χ0) is 10.6. The Hall–Kier alpha value is -0.290. The average molecular weight is 210 g/mol. The van der Waals surface area contributed by atoms with E-state index in [-0.39, 0.29) is 6.42 Å². The summed E-state index contributed by atoms with van der Waals surface area (Å²) in [5.74, 6) is 0. The highest BCUT2D eigenvalue weighted by molar-refractivity contribution is 4.74. The van der Waals surface area contributed by atoms with Crippen LogP contribution in [-0.4, -0.2) is 43.3 Å². The highest BCUT2D eigenvalue weighted by Crippen LogP contribution is 2.21. The van der Waals surface area contributed by atoms with E-state index in [1.165, 1.54) is 0 Å². The van der Waals surface area contributed by atoms with Crippen LogP contribution >= 0.6 is 0 Å². The van der Waals surface area contributed by atoms with Crippen LogP contribution in [0.4, 0.5) is 13.2 Å². The molecule has 0 radical (unpaired) electrons. The van der Waals surface area contributed by atoms with Crippen molar-refractivity contribution in [3.05, 3.63) is 0 Å². The molecule has 0 aromatic carbocycles. The molecule has 84 valence electrons. The van der Waals surface area contributed by atoms with E-state index in [0.29, 0.717) is 12.6 Å². The van der Waals surface area contributed by atoms with Gasteiger partial charge in [-0.1, -0.05) is 0 Å². The number of piperazine rings is 1. The second kappa shape index (κ2) is 4.98. The fraction of sp³-hybridized carbons (Fsp3) is 1.00. The topological polar surface area (TPSA) is 15.3 Å². The summed E-state index contributed by atoms with van der Waals surface area (Å²) in [6.07, 6.45) is -4.44. The molecule has 0 aromatic rings. The van der Waals surface area contributed by atoms with Crippen molar-refractivity contribution >= 4 is 0 Å². The van der Waals surface area contributed by atoms with Gasteiger partial charge in [-0.2, -0.15) is 13.2 Å². The SMILES string of the molecule is CC1CN(CCCC(F)(F)F)CCN1. The Bertz CT molecular complexity index is 170. The van der Waals surface area contributed by atoms with Crippen molar-refractivity contribution in [3.63, 3.8) is 0 Å². The predicted octanol–water partition coefficient (Wildman–Crippen LogP) is 1.62. The molecule has 1 unspecified atom stereocenters. The summed E-state index contributed by atoms with van der Waals surface area (Å²) >= 11 is 0. The molecule has 1 heterocycles. The van der Waals surface area contributed by atoms with E-state index in [2.05, 4.69) is 17.1 Å². The number of hydrogen-bond donors (Lipinski definition) is 1. The Balaban J connectivity index is 2.12. The highest BCUT2D eigenvalue weighted by Gasteiger charge is 2.26. The summed E-state index contributed by atoms with van der Waals surface area (Å²) in [7, 11) is 0. The van der Waals surface area contributed by atoms with Gasteiger partial charge in [0.1, 0.15) is 0 Å². The first-order chi connectivity index (χ1) is 6.47. The lowest BCUT2D eigenvalue weighted by molar-refractivity contribution is -0.136. The van der Waals surface area contributed by atoms with Crippen molar-refractivity contribution in [2.45, 2.75) is 32.0 Å². The summed E-state index contributed by atoms with van der Waals surface area (Å²) in [6, 6.07) is 0.398. The van der Waals surface area contributed by atoms with Crippen molar-refractivity contribution in [2.75, 3.05) is 26.2 Å². The molecule has 1 rings (SSSR count). The Morgan fingerprint density at radius 2 is 2.14 bits per heavy atom. The number of hydrogen-bond acceptors (Lipinski definition) is 2. The first-order valence-corrected chi connectivity index (χ1v) is 5.00. The van der Waals surface area contributed by atoms with Gasteiger partial charge >= 0.3 is 6.18 Å². The maximum absolute atomic E-state index is 11.9. The lowest BCUT2D eigenvalue weighted by Crippen LogP contribution is -2.49. The van der Waals surface area contributed by atoms with Gasteiger partial charge in [0.05, 0.1) is 0 Å². The maximum Gasteiger partial charge on any atom is 0.389 e. The Morgan fingerprint density at radius 1 is 1.43 bits per heavy atom. The number of nitrogens with one attached hydrogen (secondary N) is 1. The zero-order valence-corrected chi connectivity index (χ0v) is 8.40. The van der Waals surface area contributed by atoms with Crippen molar-refractivity contribution < 1.29 is 13.2 Å². The normalized spacial score (nSPS) is 25.3. The van der Waals surface area contributed by atoms with E-state index in [1.807, 2.05) is 0 Å². The summed E-state index contributed by atoms with van der Waals surface area (Å²) in [5.41, 5.74) is 0. The van der Waals surface area contributed by atoms with Gasteiger partial charge in [0.15, 0.2) is 0 Å². The minimum absolute atomic E-state index is 0.218. The van der Waals surface area contributed by atoms with Crippen molar-refractivity contribution in [1.29, 1.82) is 0 Å². The van der Waals surface area contributed by atoms with Gasteiger partial charge in [-0.25, -0.2) is 0 Å². The highest BCUT2D eigenvalue weighted by atomic mass is 19.4. The Labute approximate surface area is 82.5 Å². The van der Waals surface area contributed by atoms with Crippen LogP contribution < -0.4 is 5.32 Å². The Morgan fingerprint density at radius 3 is 2.71 bits per heavy atom. The molecule has 1 atom stereocenters. The fourth-order valence-corrected chi connectivity index (χ4v) is 1.72. The van der Waals surface area contributed by atoms with Gasteiger partial charge in [0, 0.05) is 32.1 Å². The molecule has 14 heavy (non-hydrogen) atoms. The molecule has 1 aliphatic rings. The largest absolute Gasteiger partial charge is 0.389 e. The second-order valence-corrected chi connectivity index (χ2v) is 3.87. The van der Waals surface area contributed by atoms with Gasteiger partial charge in [-0.3, -0.25) is 0 Å². The molecule has 1 fully saturated rings. The first-order valence-electron chi connectivity index (χ1n) is 5.00. The van der Waals surface area contributed by atoms with Gasteiger partial charge in [-0.05, 0) is 19.9 Å². The van der Waals surface area contributed by atoms with Gasteiger partial charge < -0.3 is 10.2 Å². The number of nitrogens with zero attached hydrogens (tertiary/aromatic N) is 1. The van der Waals surface area contributed by atoms with Crippen LogP contribution in [0.1, 0.15) is 19.8 Å². The summed E-state index contributed by atoms with van der Waals surface area (Å²) in [6.45, 7) is 5.22. The maximum atomic E-state index is 11.9. The molecule has 1 saturated heterocycles. The van der Waals surface area contributed by atoms with E-state index in [1.54, 1.807) is 0 Å². The monoisotopic (exact) mass is 210 g/mol. The van der Waals surface area contributed by atoms with E-state index < -0.39 is 12.6 Å². The van der Waals surface area contributed by atoms with E-state index in [4.69, 9.17) is 0 Å². The van der Waals surface area contributed by atoms with Crippen LogP contribution in [0.25, 0.3) is 0 Å². The third kappa shape index (κ3) is 4.81. The third-order valence-electron chi connectivity index (χ3n) is 2.39. The lowest BCUT2D eigenvalue weighted by atomic mass is 10.2. The van der Waals surface area contributed by atoms with Crippen molar-refractivity contribution in [2.24, 2.45) is 0 Å². The van der Waals surface area contributed by atoms with E-state index in [0.717, 1.165) is 19.6 Å². The fourth-order valence-electron chi connectivity index (χ4n) is 1.72. The van der Waals surface area contributed by atoms with Gasteiger partial charge in [0.25, 0.3) is 0 Å². The molecule has 0 amide bonds. The molecule has 0 aliphatic carbocycles. The molecule has 5 heteroatoms. The summed E-state index contributed by atoms with van der Waals surface area (Å²) in [5, 5.41) is 3.25. The standard InChI is InChI=1S/C9H17F3N2/c1-8-7-14(6-4-13-8)5-2-3-9(10,11)12/h8,13H,2-7H2,1H3. The quantitative estimate of drug-likeness (QED) is 0.761. The molecule has 2 nitrogen and oxygen atoms in total. The second-order valence-electron chi connectivity index (χ2n) is 3.87. The zero-order valence-electron chi connectivity index (χ0n) is 8.40. The van der Waals surface area contributed by atoms with E-state index in [9.17, 15) is 13.2 Å². The average Bonchev–Trinajstić information content (AvgIpc) is 2.01. The van der Waals surface area contributed by atoms with Crippen molar-refractivity contribution in [3.8, 4) is 0 Å². The first kappa shape index (κ1) is 11.8. The number of rotatable bonds is 3. The molecule has 1 aliphatic heterocycles. The number of alkyl halides is 3. The smallest absolute Gasteiger partial charge is 0.312 e. The van der Waals surface area contributed by atoms with E-state index >= 15 is 0 Å². The number of halogens is 3. The molecular formula is C9H17F3N2. The predicted molar refractivity (Wildman–Crippen MR) is 49.2 cm³/mol. The Kier molecular flexibility index (Phi) is 4.19. The van der Waals surface area contributed by atoms with Crippen LogP contribution in [0.2, 0.25) is 0 Å². The molecule has 1 N–H and O–H groups in total. The van der Waals surface area contributed by atoms with Crippen molar-refractivity contribution in [1.82, 2.24) is 10.2 Å². The van der Waals surface area contributed by atoms with Gasteiger partial charge in [0.2, 0.25) is 0 Å². The van der Waals surface area contributed by atoms with Crippen LogP contribution in [0.5, 0.6) is 0 Å². The lowest BCUT2D eigenvalue weighted by Gasteiger charge is -2.31. The summed E-state index contributed by atoms with van der Waals surface area (Å²) < 4.78 is 35.6. The molecule has 0 bridgehead atoms. The van der Waals surface area contributed by atoms with Crippen LogP contribution in [-0.2, 0) is 0 Å². The molecule has 0 aromatic heterocycles. The molecular weight excluding hydrogens is 193 g/mol. The third-order valence-corrected chi connectivity index (χ3v) is 2.39. The van der Waals surface area contributed by atoms with Crippen LogP contribution in [0.3, 0.4) is 0 Å². The molecule has 0 spiro atoms. The van der Waals surface area contributed by atoms with Gasteiger partial charge in [-0.15, -0.1) is 0 Å². The summed E-state index contributed by atoms with van der Waals surface area (Å²) in [4.78, 5) is 2.09.